The van der Waals surface area contributed by atoms with E-state index in [9.17, 15) is 29.3 Å². The molecule has 0 unspecified atom stereocenters. The molecule has 192 valence electrons. The first kappa shape index (κ1) is 24.2. The van der Waals surface area contributed by atoms with E-state index in [1.54, 1.807) is 37.3 Å². The van der Waals surface area contributed by atoms with E-state index in [1.807, 2.05) is 11.0 Å². The van der Waals surface area contributed by atoms with E-state index < -0.39 is 40.3 Å². The summed E-state index contributed by atoms with van der Waals surface area (Å²) < 4.78 is 5.16. The third kappa shape index (κ3) is 3.94. The quantitative estimate of drug-likeness (QED) is 0.376. The first-order chi connectivity index (χ1) is 17.8. The Morgan fingerprint density at radius 2 is 1.92 bits per heavy atom. The van der Waals surface area contributed by atoms with Crippen LogP contribution in [-0.4, -0.2) is 70.9 Å². The van der Waals surface area contributed by atoms with Crippen LogP contribution in [0.1, 0.15) is 18.1 Å². The van der Waals surface area contributed by atoms with Crippen LogP contribution < -0.4 is 10.2 Å². The maximum absolute atomic E-state index is 14.2. The van der Waals surface area contributed by atoms with E-state index in [1.165, 1.54) is 17.0 Å². The minimum atomic E-state index is -1.80. The second-order valence-corrected chi connectivity index (χ2v) is 9.21. The molecule has 0 bridgehead atoms. The van der Waals surface area contributed by atoms with Gasteiger partial charge in [0.05, 0.1) is 24.1 Å². The maximum atomic E-state index is 14.2. The van der Waals surface area contributed by atoms with Crippen molar-refractivity contribution < 1.29 is 28.8 Å². The molecule has 2 atom stereocenters. The van der Waals surface area contributed by atoms with Crippen molar-refractivity contribution in [3.63, 3.8) is 0 Å². The Morgan fingerprint density at radius 3 is 2.62 bits per heavy atom. The van der Waals surface area contributed by atoms with Crippen LogP contribution in [0, 0.1) is 15.5 Å². The fourth-order valence-electron chi connectivity index (χ4n) is 5.46. The lowest BCUT2D eigenvalue weighted by Gasteiger charge is -2.55. The number of imide groups is 2. The van der Waals surface area contributed by atoms with Crippen molar-refractivity contribution in [2.75, 3.05) is 31.1 Å². The van der Waals surface area contributed by atoms with E-state index in [0.29, 0.717) is 16.8 Å². The van der Waals surface area contributed by atoms with Crippen molar-refractivity contribution in [1.82, 2.24) is 15.1 Å². The summed E-state index contributed by atoms with van der Waals surface area (Å²) in [5.74, 6) is -1.49. The molecule has 0 aliphatic carbocycles. The number of fused-ring (bicyclic) bond motifs is 4. The number of nitro groups is 1. The van der Waals surface area contributed by atoms with Gasteiger partial charge in [-0.1, -0.05) is 30.3 Å². The number of non-ortho nitro benzene ring substituents is 1. The molecule has 3 heterocycles. The van der Waals surface area contributed by atoms with E-state index in [-0.39, 0.29) is 44.9 Å². The van der Waals surface area contributed by atoms with Crippen molar-refractivity contribution in [2.24, 2.45) is 5.41 Å². The first-order valence-electron chi connectivity index (χ1n) is 11.9. The molecule has 5 amide bonds. The van der Waals surface area contributed by atoms with Gasteiger partial charge in [-0.15, -0.1) is 0 Å². The number of benzene rings is 2. The van der Waals surface area contributed by atoms with Gasteiger partial charge in [-0.2, -0.15) is 0 Å². The fraction of sp³-hybridized carbons (Fsp3) is 0.360. The monoisotopic (exact) mass is 507 g/mol. The van der Waals surface area contributed by atoms with Gasteiger partial charge in [-0.3, -0.25) is 29.9 Å². The SMILES string of the molecule is CCOC(=O)N1CCN2c3ccc([N+](=O)[O-])cc3C[C@@]3(C(=O)NC(=O)N(Cc4ccccc4)C3=O)[C@@H]2C1. The largest absolute Gasteiger partial charge is 0.450 e. The third-order valence-corrected chi connectivity index (χ3v) is 7.21. The number of nitro benzene ring substituents is 1. The number of ether oxygens (including phenoxy) is 1. The Kier molecular flexibility index (Phi) is 6.02. The van der Waals surface area contributed by atoms with Gasteiger partial charge in [0.2, 0.25) is 11.8 Å². The molecule has 2 saturated heterocycles. The third-order valence-electron chi connectivity index (χ3n) is 7.21. The van der Waals surface area contributed by atoms with Gasteiger partial charge in [-0.25, -0.2) is 9.59 Å². The summed E-state index contributed by atoms with van der Waals surface area (Å²) in [5.41, 5.74) is -0.172. The zero-order valence-corrected chi connectivity index (χ0v) is 20.1. The maximum Gasteiger partial charge on any atom is 0.409 e. The van der Waals surface area contributed by atoms with E-state index >= 15 is 0 Å². The second kappa shape index (κ2) is 9.19. The molecule has 3 aliphatic rings. The normalized spacial score (nSPS) is 22.9. The predicted molar refractivity (Wildman–Crippen MR) is 129 cm³/mol. The molecule has 1 spiro atoms. The summed E-state index contributed by atoms with van der Waals surface area (Å²) in [4.78, 5) is 68.4. The van der Waals surface area contributed by atoms with Crippen LogP contribution in [0.2, 0.25) is 0 Å². The highest BCUT2D eigenvalue weighted by Crippen LogP contribution is 2.46. The lowest BCUT2D eigenvalue weighted by molar-refractivity contribution is -0.384. The summed E-state index contributed by atoms with van der Waals surface area (Å²) in [6.07, 6.45) is -0.724. The van der Waals surface area contributed by atoms with Gasteiger partial charge in [0, 0.05) is 43.9 Å². The van der Waals surface area contributed by atoms with E-state index in [0.717, 1.165) is 4.90 Å². The Bertz CT molecular complexity index is 1300. The molecule has 5 rings (SSSR count). The van der Waals surface area contributed by atoms with Crippen LogP contribution >= 0.6 is 0 Å². The number of carbonyl (C=O) groups is 4. The van der Waals surface area contributed by atoms with Crippen molar-refractivity contribution >= 4 is 35.3 Å². The summed E-state index contributed by atoms with van der Waals surface area (Å²) in [7, 11) is 0. The van der Waals surface area contributed by atoms with Gasteiger partial charge in [0.1, 0.15) is 0 Å². The Hall–Kier alpha value is -4.48. The summed E-state index contributed by atoms with van der Waals surface area (Å²) in [6, 6.07) is 11.6. The Labute approximate surface area is 211 Å². The molecule has 12 nitrogen and oxygen atoms in total. The van der Waals surface area contributed by atoms with Crippen LogP contribution in [0.25, 0.3) is 0 Å². The van der Waals surface area contributed by atoms with Crippen LogP contribution in [-0.2, 0) is 27.3 Å². The highest BCUT2D eigenvalue weighted by molar-refractivity contribution is 6.20. The number of nitrogens with zero attached hydrogens (tertiary/aromatic N) is 4. The second-order valence-electron chi connectivity index (χ2n) is 9.21. The zero-order chi connectivity index (χ0) is 26.3. The number of barbiturate groups is 1. The summed E-state index contributed by atoms with van der Waals surface area (Å²) in [6.45, 7) is 2.33. The molecule has 0 aromatic heterocycles. The lowest BCUT2D eigenvalue weighted by atomic mass is 9.67. The number of hydrogen-bond acceptors (Lipinski definition) is 8. The molecule has 37 heavy (non-hydrogen) atoms. The van der Waals surface area contributed by atoms with Crippen molar-refractivity contribution in [3.05, 3.63) is 69.8 Å². The summed E-state index contributed by atoms with van der Waals surface area (Å²) in [5, 5.41) is 13.8. The van der Waals surface area contributed by atoms with Crippen LogP contribution in [0.15, 0.2) is 48.5 Å². The average Bonchev–Trinajstić information content (AvgIpc) is 2.90. The zero-order valence-electron chi connectivity index (χ0n) is 20.1. The van der Waals surface area contributed by atoms with Gasteiger partial charge < -0.3 is 14.5 Å². The Morgan fingerprint density at radius 1 is 1.16 bits per heavy atom. The Balaban J connectivity index is 1.61. The molecule has 12 heteroatoms. The van der Waals surface area contributed by atoms with Crippen LogP contribution in [0.5, 0.6) is 0 Å². The molecule has 0 saturated carbocycles. The number of piperazine rings is 1. The molecule has 2 fully saturated rings. The van der Waals surface area contributed by atoms with Gasteiger partial charge in [-0.05, 0) is 24.1 Å². The van der Waals surface area contributed by atoms with E-state index in [4.69, 9.17) is 4.74 Å². The minimum Gasteiger partial charge on any atom is -0.450 e. The highest BCUT2D eigenvalue weighted by atomic mass is 16.6. The predicted octanol–water partition coefficient (Wildman–Crippen LogP) is 2.06. The highest BCUT2D eigenvalue weighted by Gasteiger charge is 2.63. The fourth-order valence-corrected chi connectivity index (χ4v) is 5.46. The molecule has 1 N–H and O–H groups in total. The standard InChI is InChI=1S/C25H25N5O7/c1-2-37-24(34)27-10-11-28-19-9-8-18(30(35)36)12-17(19)13-25(20(28)15-27)21(31)26-23(33)29(22(25)32)14-16-6-4-3-5-7-16/h3-9,12,20H,2,10-11,13-15H2,1H3,(H,26,31,33)/t20-,25-/m0/s1. The van der Waals surface area contributed by atoms with Crippen LogP contribution in [0.4, 0.5) is 21.0 Å². The van der Waals surface area contributed by atoms with Crippen LogP contribution in [0.3, 0.4) is 0 Å². The minimum absolute atomic E-state index is 0.00177. The van der Waals surface area contributed by atoms with Crippen molar-refractivity contribution in [3.8, 4) is 0 Å². The number of carbonyl (C=O) groups excluding carboxylic acids is 4. The van der Waals surface area contributed by atoms with Gasteiger partial charge in [0.25, 0.3) is 5.69 Å². The smallest absolute Gasteiger partial charge is 0.409 e. The molecular formula is C25H25N5O7. The van der Waals surface area contributed by atoms with Gasteiger partial charge >= 0.3 is 12.1 Å². The molecule has 2 aromatic rings. The first-order valence-corrected chi connectivity index (χ1v) is 11.9. The molecular weight excluding hydrogens is 482 g/mol. The average molecular weight is 508 g/mol. The molecule has 2 aromatic carbocycles. The number of rotatable bonds is 4. The number of anilines is 1. The van der Waals surface area contributed by atoms with Crippen molar-refractivity contribution in [2.45, 2.75) is 25.9 Å². The summed E-state index contributed by atoms with van der Waals surface area (Å²) >= 11 is 0. The van der Waals surface area contributed by atoms with Crippen molar-refractivity contribution in [1.29, 1.82) is 0 Å². The number of amides is 5. The topological polar surface area (TPSA) is 142 Å². The molecule has 0 radical (unpaired) electrons. The number of nitrogens with one attached hydrogen (secondary N) is 1. The lowest BCUT2D eigenvalue weighted by Crippen LogP contribution is -2.75. The molecule has 3 aliphatic heterocycles. The number of hydrogen-bond donors (Lipinski definition) is 1. The number of urea groups is 1. The van der Waals surface area contributed by atoms with E-state index in [2.05, 4.69) is 5.32 Å². The van der Waals surface area contributed by atoms with Gasteiger partial charge in [0.15, 0.2) is 5.41 Å².